The second kappa shape index (κ2) is 6.14. The number of aliphatic carboxylic acids is 1. The molecule has 1 aromatic heterocycles. The van der Waals surface area contributed by atoms with E-state index in [1.54, 1.807) is 4.57 Å². The molecule has 1 heterocycles. The van der Waals surface area contributed by atoms with E-state index in [2.05, 4.69) is 5.32 Å². The Hall–Kier alpha value is -2.57. The van der Waals surface area contributed by atoms with Crippen LogP contribution in [0.25, 0.3) is 11.0 Å². The molecular formula is C17H21N3O4. The van der Waals surface area contributed by atoms with Crippen LogP contribution in [0.1, 0.15) is 32.6 Å². The van der Waals surface area contributed by atoms with Crippen molar-refractivity contribution >= 4 is 22.9 Å². The van der Waals surface area contributed by atoms with E-state index < -0.39 is 11.5 Å². The highest BCUT2D eigenvalue weighted by atomic mass is 16.4. The van der Waals surface area contributed by atoms with Gasteiger partial charge in [0.2, 0.25) is 5.91 Å². The fourth-order valence-corrected chi connectivity index (χ4v) is 3.45. The van der Waals surface area contributed by atoms with Gasteiger partial charge in [-0.1, -0.05) is 12.1 Å². The van der Waals surface area contributed by atoms with Crippen LogP contribution in [-0.4, -0.2) is 31.7 Å². The number of rotatable bonds is 6. The highest BCUT2D eigenvalue weighted by molar-refractivity contribution is 5.82. The molecule has 1 aliphatic carbocycles. The van der Waals surface area contributed by atoms with Crippen LogP contribution in [0.15, 0.2) is 29.1 Å². The summed E-state index contributed by atoms with van der Waals surface area (Å²) in [5.74, 6) is -1.24. The highest BCUT2D eigenvalue weighted by Gasteiger charge is 2.40. The first-order chi connectivity index (χ1) is 11.5. The fourth-order valence-electron chi connectivity index (χ4n) is 3.45. The number of hydrogen-bond donors (Lipinski definition) is 2. The molecule has 0 saturated heterocycles. The zero-order chi connectivity index (χ0) is 17.3. The molecule has 7 nitrogen and oxygen atoms in total. The summed E-state index contributed by atoms with van der Waals surface area (Å²) in [4.78, 5) is 36.0. The van der Waals surface area contributed by atoms with Gasteiger partial charge in [0.1, 0.15) is 6.54 Å². The van der Waals surface area contributed by atoms with Crippen molar-refractivity contribution in [1.29, 1.82) is 0 Å². The minimum Gasteiger partial charge on any atom is -0.481 e. The summed E-state index contributed by atoms with van der Waals surface area (Å²) in [6, 6.07) is 7.35. The topological polar surface area (TPSA) is 93.3 Å². The molecule has 1 aliphatic rings. The van der Waals surface area contributed by atoms with Crippen LogP contribution in [0.5, 0.6) is 0 Å². The van der Waals surface area contributed by atoms with Crippen molar-refractivity contribution in [1.82, 2.24) is 14.5 Å². The molecule has 1 saturated carbocycles. The Bertz CT molecular complexity index is 845. The average molecular weight is 331 g/mol. The Kier molecular flexibility index (Phi) is 4.17. The number of carboxylic acid groups (broad SMARTS) is 1. The normalized spacial score (nSPS) is 15.9. The lowest BCUT2D eigenvalue weighted by atomic mass is 9.74. The van der Waals surface area contributed by atoms with E-state index in [1.807, 2.05) is 31.2 Å². The molecule has 1 aromatic carbocycles. The van der Waals surface area contributed by atoms with Gasteiger partial charge in [0.25, 0.3) is 0 Å². The van der Waals surface area contributed by atoms with Crippen molar-refractivity contribution in [3.63, 3.8) is 0 Å². The second-order valence-corrected chi connectivity index (χ2v) is 6.35. The van der Waals surface area contributed by atoms with Gasteiger partial charge >= 0.3 is 11.7 Å². The lowest BCUT2D eigenvalue weighted by molar-refractivity contribution is -0.140. The predicted molar refractivity (Wildman–Crippen MR) is 88.8 cm³/mol. The number of imidazole rings is 1. The van der Waals surface area contributed by atoms with Crippen LogP contribution in [-0.2, 0) is 22.7 Å². The highest BCUT2D eigenvalue weighted by Crippen LogP contribution is 2.34. The molecule has 2 aromatic rings. The van der Waals surface area contributed by atoms with Crippen molar-refractivity contribution in [2.75, 3.05) is 0 Å². The monoisotopic (exact) mass is 331 g/mol. The van der Waals surface area contributed by atoms with Crippen LogP contribution in [0.4, 0.5) is 0 Å². The van der Waals surface area contributed by atoms with E-state index in [1.165, 1.54) is 4.57 Å². The number of aryl methyl sites for hydroxylation is 1. The number of nitrogens with one attached hydrogen (secondary N) is 1. The largest absolute Gasteiger partial charge is 0.481 e. The van der Waals surface area contributed by atoms with Crippen LogP contribution in [0.3, 0.4) is 0 Å². The molecule has 128 valence electrons. The zero-order valence-corrected chi connectivity index (χ0v) is 13.6. The Labute approximate surface area is 138 Å². The second-order valence-electron chi connectivity index (χ2n) is 6.35. The molecule has 24 heavy (non-hydrogen) atoms. The molecule has 0 radical (unpaired) electrons. The standard InChI is InChI=1S/C17H21N3O4/c1-2-19-12-6-3-4-7-13(12)20(16(19)24)11-14(21)18-17(8-5-9-17)10-15(22)23/h3-4,6-7H,2,5,8-11H2,1H3,(H,18,21)(H,22,23). The van der Waals surface area contributed by atoms with Gasteiger partial charge in [-0.15, -0.1) is 0 Å². The van der Waals surface area contributed by atoms with Gasteiger partial charge in [-0.05, 0) is 38.3 Å². The molecule has 0 aliphatic heterocycles. The van der Waals surface area contributed by atoms with E-state index in [9.17, 15) is 14.4 Å². The van der Waals surface area contributed by atoms with Gasteiger partial charge in [-0.2, -0.15) is 0 Å². The minimum atomic E-state index is -0.922. The zero-order valence-electron chi connectivity index (χ0n) is 13.6. The third-order valence-electron chi connectivity index (χ3n) is 4.75. The summed E-state index contributed by atoms with van der Waals surface area (Å²) >= 11 is 0. The van der Waals surface area contributed by atoms with Gasteiger partial charge in [0.15, 0.2) is 0 Å². The molecular weight excluding hydrogens is 310 g/mol. The van der Waals surface area contributed by atoms with Crippen molar-refractivity contribution in [2.45, 2.75) is 51.2 Å². The van der Waals surface area contributed by atoms with Gasteiger partial charge in [-0.3, -0.25) is 18.7 Å². The Morgan fingerprint density at radius 3 is 2.33 bits per heavy atom. The lowest BCUT2D eigenvalue weighted by Gasteiger charge is -2.41. The maximum Gasteiger partial charge on any atom is 0.329 e. The smallest absolute Gasteiger partial charge is 0.329 e. The maximum absolute atomic E-state index is 12.5. The number of carboxylic acids is 1. The van der Waals surface area contributed by atoms with Gasteiger partial charge < -0.3 is 10.4 Å². The molecule has 1 amide bonds. The van der Waals surface area contributed by atoms with Crippen molar-refractivity contribution in [3.8, 4) is 0 Å². The fraction of sp³-hybridized carbons (Fsp3) is 0.471. The van der Waals surface area contributed by atoms with E-state index in [4.69, 9.17) is 5.11 Å². The predicted octanol–water partition coefficient (Wildman–Crippen LogP) is 1.34. The Morgan fingerprint density at radius 2 is 1.83 bits per heavy atom. The number of amides is 1. The summed E-state index contributed by atoms with van der Waals surface area (Å²) in [6.07, 6.45) is 2.15. The third kappa shape index (κ3) is 2.81. The molecule has 7 heteroatoms. The number of carbonyl (C=O) groups is 2. The van der Waals surface area contributed by atoms with Gasteiger partial charge in [0.05, 0.1) is 23.0 Å². The van der Waals surface area contributed by atoms with Crippen LogP contribution >= 0.6 is 0 Å². The van der Waals surface area contributed by atoms with E-state index in [-0.39, 0.29) is 24.6 Å². The first kappa shape index (κ1) is 16.3. The van der Waals surface area contributed by atoms with Crippen molar-refractivity contribution in [3.05, 3.63) is 34.7 Å². The molecule has 0 spiro atoms. The summed E-state index contributed by atoms with van der Waals surface area (Å²) in [5.41, 5.74) is 0.618. The van der Waals surface area contributed by atoms with Crippen molar-refractivity contribution < 1.29 is 14.7 Å². The van der Waals surface area contributed by atoms with Crippen LogP contribution < -0.4 is 11.0 Å². The molecule has 0 bridgehead atoms. The van der Waals surface area contributed by atoms with E-state index >= 15 is 0 Å². The first-order valence-corrected chi connectivity index (χ1v) is 8.17. The number of benzene rings is 1. The van der Waals surface area contributed by atoms with Crippen molar-refractivity contribution in [2.24, 2.45) is 0 Å². The minimum absolute atomic E-state index is 0.0790. The molecule has 0 unspecified atom stereocenters. The average Bonchev–Trinajstić information content (AvgIpc) is 2.76. The van der Waals surface area contributed by atoms with Gasteiger partial charge in [-0.25, -0.2) is 4.79 Å². The quantitative estimate of drug-likeness (QED) is 0.835. The van der Waals surface area contributed by atoms with Crippen LogP contribution in [0.2, 0.25) is 0 Å². The van der Waals surface area contributed by atoms with E-state index in [0.717, 1.165) is 11.9 Å². The molecule has 1 fully saturated rings. The Balaban J connectivity index is 1.85. The van der Waals surface area contributed by atoms with E-state index in [0.29, 0.717) is 24.9 Å². The number of fused-ring (bicyclic) bond motifs is 1. The maximum atomic E-state index is 12.5. The number of hydrogen-bond acceptors (Lipinski definition) is 3. The molecule has 0 atom stereocenters. The first-order valence-electron chi connectivity index (χ1n) is 8.17. The number of para-hydroxylation sites is 2. The van der Waals surface area contributed by atoms with Gasteiger partial charge in [0, 0.05) is 6.54 Å². The number of aromatic nitrogens is 2. The summed E-state index contributed by atoms with van der Waals surface area (Å²) in [7, 11) is 0. The Morgan fingerprint density at radius 1 is 1.21 bits per heavy atom. The SMILES string of the molecule is CCn1c(=O)n(CC(=O)NC2(CC(=O)O)CCC2)c2ccccc21. The molecule has 2 N–H and O–H groups in total. The summed E-state index contributed by atoms with van der Waals surface area (Å²) in [6.45, 7) is 2.30. The summed E-state index contributed by atoms with van der Waals surface area (Å²) in [5, 5.41) is 11.9. The summed E-state index contributed by atoms with van der Waals surface area (Å²) < 4.78 is 3.07. The van der Waals surface area contributed by atoms with Crippen LogP contribution in [0, 0.1) is 0 Å². The third-order valence-corrected chi connectivity index (χ3v) is 4.75. The number of nitrogens with zero attached hydrogens (tertiary/aromatic N) is 2. The number of carbonyl (C=O) groups excluding carboxylic acids is 1. The lowest BCUT2D eigenvalue weighted by Crippen LogP contribution is -2.55. The molecule has 3 rings (SSSR count).